The van der Waals surface area contributed by atoms with Crippen molar-refractivity contribution < 1.29 is 36.3 Å². The zero-order valence-corrected chi connectivity index (χ0v) is 13.3. The average molecular weight is 365 g/mol. The van der Waals surface area contributed by atoms with Gasteiger partial charge in [0.05, 0.1) is 28.8 Å². The van der Waals surface area contributed by atoms with Crippen LogP contribution < -0.4 is 0 Å². The van der Waals surface area contributed by atoms with E-state index in [0.29, 0.717) is 16.4 Å². The van der Waals surface area contributed by atoms with Crippen molar-refractivity contribution in [2.24, 2.45) is 11.8 Å². The lowest BCUT2D eigenvalue weighted by molar-refractivity contribution is -0.144. The summed E-state index contributed by atoms with van der Waals surface area (Å²) in [6.45, 7) is 1.03. The normalized spacial score (nSPS) is 22.0. The molecule has 0 spiro atoms. The number of benzene rings is 1. The van der Waals surface area contributed by atoms with Crippen LogP contribution in [0.5, 0.6) is 0 Å². The largest absolute Gasteiger partial charge is 0.481 e. The third kappa shape index (κ3) is 3.10. The number of nitrogens with zero attached hydrogens (tertiary/aromatic N) is 1. The molecule has 1 aliphatic rings. The van der Waals surface area contributed by atoms with Crippen LogP contribution in [-0.4, -0.2) is 36.3 Å². The Morgan fingerprint density at radius 3 is 2.21 bits per heavy atom. The number of carbonyl (C=O) groups excluding carboxylic acids is 1. The maximum Gasteiger partial charge on any atom is 0.416 e. The van der Waals surface area contributed by atoms with Crippen LogP contribution in [0.1, 0.15) is 18.9 Å². The Kier molecular flexibility index (Phi) is 4.62. The Bertz CT molecular complexity index is 758. The molecule has 0 radical (unpaired) electrons. The third-order valence-electron chi connectivity index (χ3n) is 3.94. The van der Waals surface area contributed by atoms with Gasteiger partial charge in [-0.1, -0.05) is 6.92 Å². The van der Waals surface area contributed by atoms with E-state index in [-0.39, 0.29) is 6.42 Å². The molecule has 0 bridgehead atoms. The van der Waals surface area contributed by atoms with E-state index in [1.54, 1.807) is 6.92 Å². The van der Waals surface area contributed by atoms with E-state index in [2.05, 4.69) is 0 Å². The second-order valence-electron chi connectivity index (χ2n) is 5.36. The Labute approximate surface area is 135 Å². The van der Waals surface area contributed by atoms with E-state index < -0.39 is 56.9 Å². The first kappa shape index (κ1) is 18.2. The van der Waals surface area contributed by atoms with Gasteiger partial charge in [0.15, 0.2) is 0 Å². The van der Waals surface area contributed by atoms with Crippen LogP contribution in [0, 0.1) is 11.8 Å². The predicted octanol–water partition coefficient (Wildman–Crippen LogP) is 1.96. The molecule has 6 nitrogen and oxygen atoms in total. The van der Waals surface area contributed by atoms with E-state index in [1.807, 2.05) is 0 Å². The topological polar surface area (TPSA) is 91.8 Å². The number of alkyl halides is 3. The van der Waals surface area contributed by atoms with Gasteiger partial charge >= 0.3 is 12.1 Å². The van der Waals surface area contributed by atoms with Crippen LogP contribution in [0.4, 0.5) is 13.2 Å². The second kappa shape index (κ2) is 6.08. The lowest BCUT2D eigenvalue weighted by atomic mass is 9.93. The van der Waals surface area contributed by atoms with Gasteiger partial charge in [0.1, 0.15) is 0 Å². The number of rotatable bonds is 4. The summed E-state index contributed by atoms with van der Waals surface area (Å²) in [7, 11) is -4.41. The molecule has 1 amide bonds. The summed E-state index contributed by atoms with van der Waals surface area (Å²) in [4.78, 5) is 22.9. The van der Waals surface area contributed by atoms with E-state index in [1.165, 1.54) is 0 Å². The molecule has 0 aromatic heterocycles. The zero-order chi connectivity index (χ0) is 18.3. The minimum Gasteiger partial charge on any atom is -0.481 e. The van der Waals surface area contributed by atoms with E-state index in [9.17, 15) is 31.2 Å². The number of carboxylic acids is 1. The molecule has 2 rings (SSSR count). The summed E-state index contributed by atoms with van der Waals surface area (Å²) in [6.07, 6.45) is -4.47. The SMILES string of the molecule is CC[C@H]1C(=O)N(S(=O)(=O)c2ccc(C(F)(F)F)cc2)C[C@@H]1C(=O)O. The molecular formula is C14H14F3NO5S. The number of aliphatic carboxylic acids is 1. The van der Waals surface area contributed by atoms with Gasteiger partial charge in [0.2, 0.25) is 5.91 Å². The molecule has 1 aromatic carbocycles. The quantitative estimate of drug-likeness (QED) is 0.881. The molecule has 0 aliphatic carbocycles. The number of amides is 1. The monoisotopic (exact) mass is 365 g/mol. The van der Waals surface area contributed by atoms with Crippen LogP contribution >= 0.6 is 0 Å². The van der Waals surface area contributed by atoms with Gasteiger partial charge in [0, 0.05) is 0 Å². The molecule has 1 saturated heterocycles. The molecule has 10 heteroatoms. The highest BCUT2D eigenvalue weighted by molar-refractivity contribution is 7.89. The van der Waals surface area contributed by atoms with E-state index >= 15 is 0 Å². The fourth-order valence-corrected chi connectivity index (χ4v) is 4.09. The molecule has 2 atom stereocenters. The van der Waals surface area contributed by atoms with Crippen LogP contribution in [0.3, 0.4) is 0 Å². The van der Waals surface area contributed by atoms with Crippen molar-refractivity contribution in [3.63, 3.8) is 0 Å². The van der Waals surface area contributed by atoms with Gasteiger partial charge in [-0.3, -0.25) is 9.59 Å². The molecule has 1 aliphatic heterocycles. The summed E-state index contributed by atoms with van der Waals surface area (Å²) >= 11 is 0. The van der Waals surface area contributed by atoms with Crippen LogP contribution in [0.25, 0.3) is 0 Å². The Morgan fingerprint density at radius 1 is 1.29 bits per heavy atom. The molecule has 1 N–H and O–H groups in total. The second-order valence-corrected chi connectivity index (χ2v) is 7.22. The van der Waals surface area contributed by atoms with Crippen molar-refractivity contribution in [3.05, 3.63) is 29.8 Å². The van der Waals surface area contributed by atoms with E-state index in [4.69, 9.17) is 5.11 Å². The number of hydrogen-bond donors (Lipinski definition) is 1. The Morgan fingerprint density at radius 2 is 1.83 bits per heavy atom. The fraction of sp³-hybridized carbons (Fsp3) is 0.429. The van der Waals surface area contributed by atoms with Gasteiger partial charge in [-0.2, -0.15) is 13.2 Å². The van der Waals surface area contributed by atoms with Gasteiger partial charge in [0.25, 0.3) is 10.0 Å². The summed E-state index contributed by atoms with van der Waals surface area (Å²) in [5, 5.41) is 9.11. The van der Waals surface area contributed by atoms with E-state index in [0.717, 1.165) is 12.1 Å². The molecule has 0 unspecified atom stereocenters. The van der Waals surface area contributed by atoms with Crippen molar-refractivity contribution in [2.45, 2.75) is 24.4 Å². The van der Waals surface area contributed by atoms with Crippen molar-refractivity contribution in [2.75, 3.05) is 6.54 Å². The third-order valence-corrected chi connectivity index (χ3v) is 5.72. The van der Waals surface area contributed by atoms with Crippen LogP contribution in [0.2, 0.25) is 0 Å². The lowest BCUT2D eigenvalue weighted by Gasteiger charge is -2.17. The average Bonchev–Trinajstić information content (AvgIpc) is 2.84. The Balaban J connectivity index is 2.37. The van der Waals surface area contributed by atoms with Gasteiger partial charge < -0.3 is 5.11 Å². The van der Waals surface area contributed by atoms with Gasteiger partial charge in [-0.05, 0) is 30.7 Å². The van der Waals surface area contributed by atoms with Crippen LogP contribution in [0.15, 0.2) is 29.2 Å². The predicted molar refractivity (Wildman–Crippen MR) is 75.2 cm³/mol. The highest BCUT2D eigenvalue weighted by Gasteiger charge is 2.48. The van der Waals surface area contributed by atoms with Crippen LogP contribution in [-0.2, 0) is 25.8 Å². The fourth-order valence-electron chi connectivity index (χ4n) is 2.62. The molecule has 1 aromatic rings. The standard InChI is InChI=1S/C14H14F3NO5S/c1-2-10-11(13(20)21)7-18(12(10)19)24(22,23)9-5-3-8(4-6-9)14(15,16)17/h3-6,10-11H,2,7H2,1H3,(H,20,21)/t10-,11+/m1/s1. The first-order valence-electron chi connectivity index (χ1n) is 6.96. The number of halogens is 3. The molecule has 132 valence electrons. The molecule has 0 saturated carbocycles. The molecule has 1 heterocycles. The lowest BCUT2D eigenvalue weighted by Crippen LogP contribution is -2.33. The summed E-state index contributed by atoms with van der Waals surface area (Å²) in [6, 6.07) is 2.69. The number of carbonyl (C=O) groups is 2. The summed E-state index contributed by atoms with van der Waals surface area (Å²) < 4.78 is 63.0. The minimum absolute atomic E-state index is 0.148. The van der Waals surface area contributed by atoms with Gasteiger partial charge in [-0.15, -0.1) is 0 Å². The number of hydrogen-bond acceptors (Lipinski definition) is 4. The highest BCUT2D eigenvalue weighted by atomic mass is 32.2. The number of carboxylic acid groups (broad SMARTS) is 1. The first-order chi connectivity index (χ1) is 11.0. The maximum atomic E-state index is 12.5. The number of sulfonamides is 1. The molecular weight excluding hydrogens is 351 g/mol. The molecule has 24 heavy (non-hydrogen) atoms. The van der Waals surface area contributed by atoms with Gasteiger partial charge in [-0.25, -0.2) is 12.7 Å². The van der Waals surface area contributed by atoms with Crippen molar-refractivity contribution in [1.82, 2.24) is 4.31 Å². The van der Waals surface area contributed by atoms with Crippen molar-refractivity contribution in [1.29, 1.82) is 0 Å². The molecule has 1 fully saturated rings. The first-order valence-corrected chi connectivity index (χ1v) is 8.40. The van der Waals surface area contributed by atoms with Crippen molar-refractivity contribution in [3.8, 4) is 0 Å². The minimum atomic E-state index is -4.62. The van der Waals surface area contributed by atoms with Crippen molar-refractivity contribution >= 4 is 21.9 Å². The zero-order valence-electron chi connectivity index (χ0n) is 12.4. The maximum absolute atomic E-state index is 12.5. The summed E-state index contributed by atoms with van der Waals surface area (Å²) in [5.74, 6) is -4.30. The highest BCUT2D eigenvalue weighted by Crippen LogP contribution is 2.34. The Hall–Kier alpha value is -2.10. The smallest absolute Gasteiger partial charge is 0.416 e. The summed E-state index contributed by atoms with van der Waals surface area (Å²) in [5.41, 5.74) is -1.02.